The predicted octanol–water partition coefficient (Wildman–Crippen LogP) is 4.97. The number of hydrogen-bond acceptors (Lipinski definition) is 3. The zero-order chi connectivity index (χ0) is 18.7. The third-order valence-electron chi connectivity index (χ3n) is 6.36. The molecule has 1 saturated heterocycles. The summed E-state index contributed by atoms with van der Waals surface area (Å²) < 4.78 is 5.48. The molecule has 4 heteroatoms. The number of nitrogens with zero attached hydrogens (tertiary/aromatic N) is 1. The lowest BCUT2D eigenvalue weighted by molar-refractivity contribution is 0.0192. The molecule has 2 fully saturated rings. The molecular weight excluding hydrogens is 312 g/mol. The summed E-state index contributed by atoms with van der Waals surface area (Å²) >= 11 is 0. The molecule has 0 unspecified atom stereocenters. The standard InChI is InChI=1S/C21H40N2O2/c1-7-21(5,6)16-8-10-17(11-9-16)22-18-12-14-23(15-13-18)19(24)25-20(2,3)4/h16-18,22H,7-15H2,1-6H3. The highest BCUT2D eigenvalue weighted by molar-refractivity contribution is 5.68. The lowest BCUT2D eigenvalue weighted by Gasteiger charge is -2.41. The molecule has 2 aliphatic rings. The van der Waals surface area contributed by atoms with Crippen LogP contribution in [-0.2, 0) is 4.74 Å². The van der Waals surface area contributed by atoms with Crippen LogP contribution >= 0.6 is 0 Å². The van der Waals surface area contributed by atoms with Crippen LogP contribution in [0.1, 0.15) is 86.5 Å². The van der Waals surface area contributed by atoms with E-state index in [0.29, 0.717) is 17.5 Å². The van der Waals surface area contributed by atoms with Gasteiger partial charge in [0.25, 0.3) is 0 Å². The maximum atomic E-state index is 12.2. The van der Waals surface area contributed by atoms with Crippen LogP contribution in [0, 0.1) is 11.3 Å². The van der Waals surface area contributed by atoms with Crippen molar-refractivity contribution in [3.8, 4) is 0 Å². The second-order valence-corrected chi connectivity index (χ2v) is 9.80. The van der Waals surface area contributed by atoms with Crippen LogP contribution < -0.4 is 5.32 Å². The van der Waals surface area contributed by atoms with Gasteiger partial charge in [-0.2, -0.15) is 0 Å². The Hall–Kier alpha value is -0.770. The third-order valence-corrected chi connectivity index (χ3v) is 6.36. The van der Waals surface area contributed by atoms with Gasteiger partial charge in [-0.25, -0.2) is 4.79 Å². The van der Waals surface area contributed by atoms with Crippen LogP contribution in [0.3, 0.4) is 0 Å². The van der Waals surface area contributed by atoms with E-state index in [1.165, 1.54) is 32.1 Å². The number of rotatable bonds is 4. The number of nitrogens with one attached hydrogen (secondary N) is 1. The Balaban J connectivity index is 1.70. The molecule has 2 rings (SSSR count). The van der Waals surface area contributed by atoms with E-state index < -0.39 is 5.60 Å². The van der Waals surface area contributed by atoms with E-state index in [1.807, 2.05) is 25.7 Å². The van der Waals surface area contributed by atoms with Crippen LogP contribution in [0.4, 0.5) is 4.79 Å². The Bertz CT molecular complexity index is 426. The molecule has 25 heavy (non-hydrogen) atoms. The van der Waals surface area contributed by atoms with Crippen LogP contribution in [0.25, 0.3) is 0 Å². The fourth-order valence-corrected chi connectivity index (χ4v) is 4.22. The van der Waals surface area contributed by atoms with Crippen LogP contribution in [-0.4, -0.2) is 41.8 Å². The van der Waals surface area contributed by atoms with Gasteiger partial charge in [-0.05, 0) is 70.6 Å². The van der Waals surface area contributed by atoms with E-state index in [9.17, 15) is 4.79 Å². The smallest absolute Gasteiger partial charge is 0.410 e. The number of hydrogen-bond donors (Lipinski definition) is 1. The van der Waals surface area contributed by atoms with Crippen LogP contribution in [0.15, 0.2) is 0 Å². The lowest BCUT2D eigenvalue weighted by atomic mass is 9.69. The van der Waals surface area contributed by atoms with E-state index in [2.05, 4.69) is 26.1 Å². The summed E-state index contributed by atoms with van der Waals surface area (Å²) in [5.74, 6) is 0.879. The molecule has 4 nitrogen and oxygen atoms in total. The Morgan fingerprint density at radius 3 is 1.96 bits per heavy atom. The molecule has 0 aromatic rings. The van der Waals surface area contributed by atoms with Gasteiger partial charge in [0.05, 0.1) is 0 Å². The van der Waals surface area contributed by atoms with Gasteiger partial charge < -0.3 is 15.0 Å². The van der Waals surface area contributed by atoms with Crippen molar-refractivity contribution >= 4 is 6.09 Å². The maximum Gasteiger partial charge on any atom is 0.410 e. The summed E-state index contributed by atoms with van der Waals surface area (Å²) in [6, 6.07) is 1.22. The van der Waals surface area contributed by atoms with Crippen molar-refractivity contribution in [2.45, 2.75) is 104 Å². The first kappa shape index (κ1) is 20.5. The second kappa shape index (κ2) is 8.28. The number of piperidine rings is 1. The first-order chi connectivity index (χ1) is 11.6. The van der Waals surface area contributed by atoms with Gasteiger partial charge in [-0.1, -0.05) is 27.2 Å². The van der Waals surface area contributed by atoms with Crippen molar-refractivity contribution < 1.29 is 9.53 Å². The molecule has 0 atom stereocenters. The normalized spacial score (nSPS) is 26.6. The topological polar surface area (TPSA) is 41.6 Å². The fourth-order valence-electron chi connectivity index (χ4n) is 4.22. The highest BCUT2D eigenvalue weighted by Crippen LogP contribution is 2.40. The van der Waals surface area contributed by atoms with Gasteiger partial charge in [0.1, 0.15) is 5.60 Å². The maximum absolute atomic E-state index is 12.2. The number of ether oxygens (including phenoxy) is 1. The van der Waals surface area contributed by atoms with Crippen molar-refractivity contribution in [3.63, 3.8) is 0 Å². The van der Waals surface area contributed by atoms with E-state index in [0.717, 1.165) is 31.8 Å². The van der Waals surface area contributed by atoms with Crippen LogP contribution in [0.2, 0.25) is 0 Å². The Morgan fingerprint density at radius 1 is 0.960 bits per heavy atom. The molecule has 1 aliphatic carbocycles. The van der Waals surface area contributed by atoms with Gasteiger partial charge in [0.2, 0.25) is 0 Å². The molecule has 1 heterocycles. The minimum atomic E-state index is -0.406. The summed E-state index contributed by atoms with van der Waals surface area (Å²) in [6.45, 7) is 14.6. The van der Waals surface area contributed by atoms with E-state index in [-0.39, 0.29) is 6.09 Å². The zero-order valence-electron chi connectivity index (χ0n) is 17.4. The van der Waals surface area contributed by atoms with Crippen LogP contribution in [0.5, 0.6) is 0 Å². The molecule has 1 N–H and O–H groups in total. The summed E-state index contributed by atoms with van der Waals surface area (Å²) in [5, 5.41) is 3.88. The van der Waals surface area contributed by atoms with Crippen molar-refractivity contribution in [1.29, 1.82) is 0 Å². The Kier molecular flexibility index (Phi) is 6.80. The van der Waals surface area contributed by atoms with E-state index >= 15 is 0 Å². The molecule has 0 spiro atoms. The van der Waals surface area contributed by atoms with E-state index in [4.69, 9.17) is 4.74 Å². The minimum absolute atomic E-state index is 0.159. The summed E-state index contributed by atoms with van der Waals surface area (Å²) in [5.41, 5.74) is 0.0841. The molecule has 1 amide bonds. The zero-order valence-corrected chi connectivity index (χ0v) is 17.4. The van der Waals surface area contributed by atoms with Crippen molar-refractivity contribution in [3.05, 3.63) is 0 Å². The van der Waals surface area contributed by atoms with Gasteiger partial charge in [0.15, 0.2) is 0 Å². The highest BCUT2D eigenvalue weighted by atomic mass is 16.6. The number of amides is 1. The molecular formula is C21H40N2O2. The van der Waals surface area contributed by atoms with E-state index in [1.54, 1.807) is 0 Å². The Morgan fingerprint density at radius 2 is 1.48 bits per heavy atom. The number of carbonyl (C=O) groups is 1. The second-order valence-electron chi connectivity index (χ2n) is 9.80. The highest BCUT2D eigenvalue weighted by Gasteiger charge is 2.33. The molecule has 0 radical (unpaired) electrons. The molecule has 0 aromatic heterocycles. The van der Waals surface area contributed by atoms with Gasteiger partial charge in [-0.3, -0.25) is 0 Å². The molecule has 1 saturated carbocycles. The molecule has 0 bridgehead atoms. The van der Waals surface area contributed by atoms with Crippen molar-refractivity contribution in [2.75, 3.05) is 13.1 Å². The monoisotopic (exact) mass is 352 g/mol. The fraction of sp³-hybridized carbons (Fsp3) is 0.952. The summed E-state index contributed by atoms with van der Waals surface area (Å²) in [6.07, 6.45) is 8.52. The summed E-state index contributed by atoms with van der Waals surface area (Å²) in [4.78, 5) is 14.0. The number of likely N-dealkylation sites (tertiary alicyclic amines) is 1. The summed E-state index contributed by atoms with van der Waals surface area (Å²) in [7, 11) is 0. The third kappa shape index (κ3) is 6.16. The average Bonchev–Trinajstić information content (AvgIpc) is 2.54. The van der Waals surface area contributed by atoms with Gasteiger partial charge in [-0.15, -0.1) is 0 Å². The average molecular weight is 353 g/mol. The van der Waals surface area contributed by atoms with Crippen molar-refractivity contribution in [2.24, 2.45) is 11.3 Å². The minimum Gasteiger partial charge on any atom is -0.444 e. The number of carbonyl (C=O) groups excluding carboxylic acids is 1. The largest absolute Gasteiger partial charge is 0.444 e. The lowest BCUT2D eigenvalue weighted by Crippen LogP contribution is -2.49. The van der Waals surface area contributed by atoms with Gasteiger partial charge >= 0.3 is 6.09 Å². The first-order valence-electron chi connectivity index (χ1n) is 10.3. The Labute approximate surface area is 155 Å². The van der Waals surface area contributed by atoms with Crippen molar-refractivity contribution in [1.82, 2.24) is 10.2 Å². The first-order valence-corrected chi connectivity index (χ1v) is 10.3. The van der Waals surface area contributed by atoms with Gasteiger partial charge in [0, 0.05) is 25.2 Å². The molecule has 0 aromatic carbocycles. The quantitative estimate of drug-likeness (QED) is 0.776. The predicted molar refractivity (Wildman–Crippen MR) is 104 cm³/mol. The molecule has 1 aliphatic heterocycles. The molecule has 146 valence electrons. The SMILES string of the molecule is CCC(C)(C)C1CCC(NC2CCN(C(=O)OC(C)(C)C)CC2)CC1.